The molecular formula is C70H68N2. The second-order valence-corrected chi connectivity index (χ2v) is 24.4. The Morgan fingerprint density at radius 3 is 0.917 bits per heavy atom. The van der Waals surface area contributed by atoms with Crippen LogP contribution in [0, 0.1) is 0 Å². The molecule has 0 aliphatic rings. The molecule has 0 saturated heterocycles. The first-order valence-corrected chi connectivity index (χ1v) is 25.9. The highest BCUT2D eigenvalue weighted by atomic mass is 15.0. The average Bonchev–Trinajstić information content (AvgIpc) is 3.87. The first kappa shape index (κ1) is 46.9. The van der Waals surface area contributed by atoms with Crippen LogP contribution in [0.15, 0.2) is 194 Å². The summed E-state index contributed by atoms with van der Waals surface area (Å²) in [7, 11) is 0. The zero-order valence-corrected chi connectivity index (χ0v) is 44.4. The van der Waals surface area contributed by atoms with Gasteiger partial charge in [0.05, 0.1) is 27.8 Å². The summed E-state index contributed by atoms with van der Waals surface area (Å²) in [5.74, 6) is 0. The van der Waals surface area contributed by atoms with Crippen molar-refractivity contribution in [3.05, 3.63) is 216 Å². The summed E-state index contributed by atoms with van der Waals surface area (Å²) in [6.45, 7) is 27.8. The first-order chi connectivity index (χ1) is 34.2. The van der Waals surface area contributed by atoms with Crippen molar-refractivity contribution in [3.8, 4) is 55.9 Å². The molecule has 72 heavy (non-hydrogen) atoms. The Hall–Kier alpha value is -7.42. The van der Waals surface area contributed by atoms with Crippen molar-refractivity contribution in [2.45, 2.75) is 105 Å². The highest BCUT2D eigenvalue weighted by Gasteiger charge is 2.25. The van der Waals surface area contributed by atoms with Crippen LogP contribution in [0.2, 0.25) is 0 Å². The quantitative estimate of drug-likeness (QED) is 0.157. The van der Waals surface area contributed by atoms with E-state index in [1.165, 1.54) is 105 Å². The largest absolute Gasteiger partial charge is 0.309 e. The fourth-order valence-electron chi connectivity index (χ4n) is 10.8. The minimum Gasteiger partial charge on any atom is -0.309 e. The van der Waals surface area contributed by atoms with Gasteiger partial charge in [0.15, 0.2) is 0 Å². The second-order valence-electron chi connectivity index (χ2n) is 24.4. The SMILES string of the molecule is CC(C)(C)c1ccc2c(c1)c1cc(C(C)(C)C)ccc1n2-c1ccc(-n2c3ccc(C(C)(C)C)cc3c3cc(C(C)(C)C)ccc32)c(-c2ccc(-c3cc(-c4ccccc4)cc(-c4ccccc4)c3)cc2)c1. The molecule has 0 aliphatic carbocycles. The number of aromatic nitrogens is 2. The molecule has 9 aromatic carbocycles. The summed E-state index contributed by atoms with van der Waals surface area (Å²) in [5.41, 5.74) is 22.1. The summed E-state index contributed by atoms with van der Waals surface area (Å²) in [6, 6.07) is 73.6. The van der Waals surface area contributed by atoms with Crippen LogP contribution in [0.4, 0.5) is 0 Å². The Morgan fingerprint density at radius 1 is 0.250 bits per heavy atom. The minimum absolute atomic E-state index is 0.00484. The molecule has 0 bridgehead atoms. The lowest BCUT2D eigenvalue weighted by atomic mass is 9.85. The van der Waals surface area contributed by atoms with Gasteiger partial charge in [-0.3, -0.25) is 0 Å². The van der Waals surface area contributed by atoms with E-state index >= 15 is 0 Å². The molecular weight excluding hydrogens is 869 g/mol. The molecule has 0 fully saturated rings. The number of hydrogen-bond donors (Lipinski definition) is 0. The van der Waals surface area contributed by atoms with Crippen LogP contribution in [-0.2, 0) is 21.7 Å². The van der Waals surface area contributed by atoms with E-state index in [0.717, 1.165) is 16.9 Å². The second kappa shape index (κ2) is 17.1. The Labute approximate surface area is 427 Å². The third kappa shape index (κ3) is 8.45. The third-order valence-electron chi connectivity index (χ3n) is 15.2. The monoisotopic (exact) mass is 937 g/mol. The summed E-state index contributed by atoms with van der Waals surface area (Å²) in [6.07, 6.45) is 0. The normalized spacial score (nSPS) is 12.7. The lowest BCUT2D eigenvalue weighted by molar-refractivity contribution is 0.590. The summed E-state index contributed by atoms with van der Waals surface area (Å²) < 4.78 is 5.03. The lowest BCUT2D eigenvalue weighted by Gasteiger charge is -2.20. The van der Waals surface area contributed by atoms with Crippen LogP contribution in [0.3, 0.4) is 0 Å². The van der Waals surface area contributed by atoms with Crippen LogP contribution >= 0.6 is 0 Å². The van der Waals surface area contributed by atoms with E-state index in [1.54, 1.807) is 0 Å². The van der Waals surface area contributed by atoms with E-state index < -0.39 is 0 Å². The van der Waals surface area contributed by atoms with Gasteiger partial charge in [0, 0.05) is 32.8 Å². The van der Waals surface area contributed by atoms with E-state index in [0.29, 0.717) is 0 Å². The molecule has 2 nitrogen and oxygen atoms in total. The molecule has 0 spiro atoms. The average molecular weight is 937 g/mol. The fourth-order valence-corrected chi connectivity index (χ4v) is 10.8. The van der Waals surface area contributed by atoms with Gasteiger partial charge < -0.3 is 9.13 Å². The van der Waals surface area contributed by atoms with E-state index in [-0.39, 0.29) is 21.7 Å². The van der Waals surface area contributed by atoms with Crippen LogP contribution in [0.5, 0.6) is 0 Å². The Kier molecular flexibility index (Phi) is 11.2. The highest BCUT2D eigenvalue weighted by Crippen LogP contribution is 2.44. The number of hydrogen-bond acceptors (Lipinski definition) is 0. The summed E-state index contributed by atoms with van der Waals surface area (Å²) in [4.78, 5) is 0. The molecule has 0 unspecified atom stereocenters. The molecule has 0 atom stereocenters. The van der Waals surface area contributed by atoms with Gasteiger partial charge >= 0.3 is 0 Å². The first-order valence-electron chi connectivity index (χ1n) is 25.9. The van der Waals surface area contributed by atoms with E-state index in [2.05, 4.69) is 286 Å². The molecule has 11 rings (SSSR count). The van der Waals surface area contributed by atoms with E-state index in [9.17, 15) is 0 Å². The predicted octanol–water partition coefficient (Wildman–Crippen LogP) is 19.7. The van der Waals surface area contributed by atoms with Crippen molar-refractivity contribution in [3.63, 3.8) is 0 Å². The zero-order valence-electron chi connectivity index (χ0n) is 44.4. The maximum absolute atomic E-state index is 2.53. The standard InChI is InChI=1S/C70H68N2/c1-67(2,3)52-27-32-63-58(40-52)59-41-53(68(4,5)6)28-33-64(59)71(63)56-31-36-62(72-65-34-29-54(69(7,8)9)42-60(65)61-43-55(70(10,11)12)30-35-66(61)72)57(44-56)48-25-23-47(24-26-48)51-38-49(45-19-15-13-16-20-45)37-50(39-51)46-21-17-14-18-22-46/h13-44H,1-12H3. The van der Waals surface area contributed by atoms with Gasteiger partial charge in [-0.1, -0.05) is 192 Å². The fraction of sp³-hybridized carbons (Fsp3) is 0.229. The number of benzene rings is 9. The maximum Gasteiger partial charge on any atom is 0.0542 e. The molecule has 2 heterocycles. The maximum atomic E-state index is 2.53. The van der Waals surface area contributed by atoms with Crippen molar-refractivity contribution in [2.24, 2.45) is 0 Å². The molecule has 0 amide bonds. The van der Waals surface area contributed by atoms with Gasteiger partial charge in [-0.05, 0) is 168 Å². The molecule has 11 aromatic rings. The highest BCUT2D eigenvalue weighted by molar-refractivity contribution is 6.12. The van der Waals surface area contributed by atoms with Crippen LogP contribution in [-0.4, -0.2) is 9.13 Å². The van der Waals surface area contributed by atoms with Gasteiger partial charge in [0.1, 0.15) is 0 Å². The summed E-state index contributed by atoms with van der Waals surface area (Å²) in [5, 5.41) is 5.15. The van der Waals surface area contributed by atoms with Crippen LogP contribution in [0.1, 0.15) is 105 Å². The van der Waals surface area contributed by atoms with E-state index in [4.69, 9.17) is 0 Å². The molecule has 0 aliphatic heterocycles. The summed E-state index contributed by atoms with van der Waals surface area (Å²) >= 11 is 0. The molecule has 0 N–H and O–H groups in total. The van der Waals surface area contributed by atoms with Crippen LogP contribution < -0.4 is 0 Å². The number of rotatable bonds is 6. The van der Waals surface area contributed by atoms with Crippen molar-refractivity contribution in [1.29, 1.82) is 0 Å². The Morgan fingerprint density at radius 2 is 0.569 bits per heavy atom. The minimum atomic E-state index is 0.00484. The van der Waals surface area contributed by atoms with Gasteiger partial charge in [-0.15, -0.1) is 0 Å². The molecule has 2 heteroatoms. The van der Waals surface area contributed by atoms with Crippen molar-refractivity contribution >= 4 is 43.6 Å². The van der Waals surface area contributed by atoms with Crippen molar-refractivity contribution in [1.82, 2.24) is 9.13 Å². The van der Waals surface area contributed by atoms with Crippen molar-refractivity contribution < 1.29 is 0 Å². The van der Waals surface area contributed by atoms with Crippen LogP contribution in [0.25, 0.3) is 99.5 Å². The Bertz CT molecular complexity index is 3650. The van der Waals surface area contributed by atoms with Gasteiger partial charge in [0.25, 0.3) is 0 Å². The molecule has 2 aromatic heterocycles. The zero-order chi connectivity index (χ0) is 50.5. The number of fused-ring (bicyclic) bond motifs is 6. The van der Waals surface area contributed by atoms with Crippen molar-refractivity contribution in [2.75, 3.05) is 0 Å². The molecule has 0 radical (unpaired) electrons. The van der Waals surface area contributed by atoms with Gasteiger partial charge in [-0.2, -0.15) is 0 Å². The predicted molar refractivity (Wildman–Crippen MR) is 312 cm³/mol. The number of nitrogens with zero attached hydrogens (tertiary/aromatic N) is 2. The lowest BCUT2D eigenvalue weighted by Crippen LogP contribution is -2.10. The third-order valence-corrected chi connectivity index (χ3v) is 15.2. The van der Waals surface area contributed by atoms with Gasteiger partial charge in [0.2, 0.25) is 0 Å². The molecule has 358 valence electrons. The topological polar surface area (TPSA) is 9.86 Å². The smallest absolute Gasteiger partial charge is 0.0542 e. The Balaban J connectivity index is 1.17. The van der Waals surface area contributed by atoms with E-state index in [1.807, 2.05) is 0 Å². The van der Waals surface area contributed by atoms with Gasteiger partial charge in [-0.25, -0.2) is 0 Å². The molecule has 0 saturated carbocycles.